The molecule has 0 aliphatic heterocycles. The lowest BCUT2D eigenvalue weighted by molar-refractivity contribution is -0.384. The first kappa shape index (κ1) is 23.4. The Morgan fingerprint density at radius 1 is 1.09 bits per heavy atom. The zero-order chi connectivity index (χ0) is 24.3. The van der Waals surface area contributed by atoms with Gasteiger partial charge in [0.25, 0.3) is 5.69 Å². The van der Waals surface area contributed by atoms with Crippen molar-refractivity contribution in [2.24, 2.45) is 0 Å². The third-order valence-electron chi connectivity index (χ3n) is 4.86. The zero-order valence-corrected chi connectivity index (χ0v) is 20.0. The van der Waals surface area contributed by atoms with Crippen LogP contribution in [0, 0.1) is 10.1 Å². The van der Waals surface area contributed by atoms with E-state index in [0.717, 1.165) is 5.56 Å². The fraction of sp³-hybridized carbons (Fsp3) is 0.136. The van der Waals surface area contributed by atoms with E-state index < -0.39 is 12.1 Å². The monoisotopic (exact) mass is 497 g/mol. The molecule has 0 fully saturated rings. The molecule has 4 rings (SSSR count). The standard InChI is InChI=1S/C22H21ClN7O3P/c1-34(2,33)20-6-4-3-5-19(20)27-21-18(23)12-24-22(28-21)26-16-11-25-29(14-16)13-15-7-9-17(10-8-15)30(31)32/h3-12,14H,13H2,1-2H3,(H2,24,26,27,28). The highest BCUT2D eigenvalue weighted by Gasteiger charge is 2.17. The number of nitro groups is 1. The van der Waals surface area contributed by atoms with Gasteiger partial charge in [-0.2, -0.15) is 10.1 Å². The van der Waals surface area contributed by atoms with Crippen molar-refractivity contribution < 1.29 is 9.49 Å². The molecular weight excluding hydrogens is 477 g/mol. The summed E-state index contributed by atoms with van der Waals surface area (Å²) < 4.78 is 14.3. The number of nitrogens with one attached hydrogen (secondary N) is 2. The first-order chi connectivity index (χ1) is 16.2. The molecule has 0 radical (unpaired) electrons. The summed E-state index contributed by atoms with van der Waals surface area (Å²) in [4.78, 5) is 19.0. The number of para-hydroxylation sites is 1. The fourth-order valence-electron chi connectivity index (χ4n) is 3.25. The normalized spacial score (nSPS) is 11.3. The summed E-state index contributed by atoms with van der Waals surface area (Å²) in [5.41, 5.74) is 2.23. The fourth-order valence-corrected chi connectivity index (χ4v) is 4.54. The second-order valence-corrected chi connectivity index (χ2v) is 11.4. The number of halogens is 1. The van der Waals surface area contributed by atoms with Crippen molar-refractivity contribution in [3.8, 4) is 0 Å². The van der Waals surface area contributed by atoms with Crippen LogP contribution in [0.1, 0.15) is 5.56 Å². The topological polar surface area (TPSA) is 128 Å². The van der Waals surface area contributed by atoms with E-state index in [0.29, 0.717) is 40.0 Å². The van der Waals surface area contributed by atoms with E-state index in [4.69, 9.17) is 11.6 Å². The minimum absolute atomic E-state index is 0.0409. The lowest BCUT2D eigenvalue weighted by atomic mass is 10.2. The average Bonchev–Trinajstić information content (AvgIpc) is 3.22. The molecule has 0 unspecified atom stereocenters. The largest absolute Gasteiger partial charge is 0.338 e. The minimum atomic E-state index is -2.52. The van der Waals surface area contributed by atoms with Crippen LogP contribution in [0.5, 0.6) is 0 Å². The number of nitro benzene ring substituents is 1. The lowest BCUT2D eigenvalue weighted by Crippen LogP contribution is -2.10. The highest BCUT2D eigenvalue weighted by Crippen LogP contribution is 2.38. The number of hydrogen-bond acceptors (Lipinski definition) is 8. The van der Waals surface area contributed by atoms with Gasteiger partial charge in [0, 0.05) is 23.6 Å². The summed E-state index contributed by atoms with van der Waals surface area (Å²) in [6.45, 7) is 3.85. The van der Waals surface area contributed by atoms with E-state index in [9.17, 15) is 14.7 Å². The summed E-state index contributed by atoms with van der Waals surface area (Å²) in [5, 5.41) is 22.4. The summed E-state index contributed by atoms with van der Waals surface area (Å²) in [5.74, 6) is 0.675. The van der Waals surface area contributed by atoms with Gasteiger partial charge in [0.2, 0.25) is 5.95 Å². The summed E-state index contributed by atoms with van der Waals surface area (Å²) in [6, 6.07) is 13.6. The van der Waals surface area contributed by atoms with Crippen LogP contribution in [0.2, 0.25) is 5.02 Å². The van der Waals surface area contributed by atoms with E-state index in [1.165, 1.54) is 18.3 Å². The summed E-state index contributed by atoms with van der Waals surface area (Å²) in [6.07, 6.45) is 4.86. The second kappa shape index (κ2) is 9.62. The van der Waals surface area contributed by atoms with Gasteiger partial charge in [-0.3, -0.25) is 14.8 Å². The van der Waals surface area contributed by atoms with Crippen molar-refractivity contribution in [2.75, 3.05) is 24.0 Å². The Morgan fingerprint density at radius 2 is 1.82 bits per heavy atom. The quantitative estimate of drug-likeness (QED) is 0.197. The van der Waals surface area contributed by atoms with Gasteiger partial charge in [-0.15, -0.1) is 0 Å². The molecule has 0 amide bonds. The molecule has 0 bridgehead atoms. The summed E-state index contributed by atoms with van der Waals surface area (Å²) >= 11 is 6.30. The van der Waals surface area contributed by atoms with E-state index in [1.807, 2.05) is 24.3 Å². The molecule has 2 N–H and O–H groups in total. The highest BCUT2D eigenvalue weighted by atomic mass is 35.5. The van der Waals surface area contributed by atoms with Gasteiger partial charge in [0.15, 0.2) is 5.82 Å². The van der Waals surface area contributed by atoms with Gasteiger partial charge >= 0.3 is 0 Å². The number of aromatic nitrogens is 4. The van der Waals surface area contributed by atoms with E-state index in [2.05, 4.69) is 25.7 Å². The van der Waals surface area contributed by atoms with Gasteiger partial charge in [-0.25, -0.2) is 4.98 Å². The van der Waals surface area contributed by atoms with Crippen LogP contribution < -0.4 is 15.9 Å². The van der Waals surface area contributed by atoms with Crippen LogP contribution >= 0.6 is 18.7 Å². The van der Waals surface area contributed by atoms with Crippen LogP contribution in [0.15, 0.2) is 67.1 Å². The van der Waals surface area contributed by atoms with Crippen LogP contribution in [0.4, 0.5) is 28.8 Å². The van der Waals surface area contributed by atoms with E-state index in [1.54, 1.807) is 42.5 Å². The predicted octanol–water partition coefficient (Wildman–Crippen LogP) is 5.02. The first-order valence-electron chi connectivity index (χ1n) is 10.2. The Kier molecular flexibility index (Phi) is 6.63. The predicted molar refractivity (Wildman–Crippen MR) is 134 cm³/mol. The Morgan fingerprint density at radius 3 is 2.53 bits per heavy atom. The maximum Gasteiger partial charge on any atom is 0.269 e. The second-order valence-electron chi connectivity index (χ2n) is 7.86. The Labute approximate surface area is 200 Å². The molecule has 0 atom stereocenters. The third-order valence-corrected chi connectivity index (χ3v) is 6.69. The zero-order valence-electron chi connectivity index (χ0n) is 18.3. The maximum atomic E-state index is 12.6. The van der Waals surface area contributed by atoms with Gasteiger partial charge in [-0.1, -0.05) is 35.9 Å². The SMILES string of the molecule is CP(C)(=O)c1ccccc1Nc1nc(Nc2cnn(Cc3ccc([N+](=O)[O-])cc3)c2)ncc1Cl. The smallest absolute Gasteiger partial charge is 0.269 e. The number of nitrogens with zero attached hydrogens (tertiary/aromatic N) is 5. The number of non-ortho nitro benzene ring substituents is 1. The van der Waals surface area contributed by atoms with Crippen LogP contribution in [0.25, 0.3) is 0 Å². The van der Waals surface area contributed by atoms with Crippen LogP contribution in [-0.4, -0.2) is 38.0 Å². The van der Waals surface area contributed by atoms with Crippen molar-refractivity contribution in [1.29, 1.82) is 0 Å². The summed E-state index contributed by atoms with van der Waals surface area (Å²) in [7, 11) is -2.52. The minimum Gasteiger partial charge on any atom is -0.338 e. The van der Waals surface area contributed by atoms with Crippen molar-refractivity contribution in [3.63, 3.8) is 0 Å². The van der Waals surface area contributed by atoms with Crippen LogP contribution in [-0.2, 0) is 11.1 Å². The van der Waals surface area contributed by atoms with Gasteiger partial charge in [-0.05, 0) is 31.0 Å². The average molecular weight is 498 g/mol. The number of anilines is 4. The molecule has 0 aliphatic carbocycles. The lowest BCUT2D eigenvalue weighted by Gasteiger charge is -2.15. The van der Waals surface area contributed by atoms with Crippen molar-refractivity contribution in [3.05, 3.63) is 87.8 Å². The molecular formula is C22H21ClN7O3P. The third kappa shape index (κ3) is 5.59. The molecule has 0 saturated carbocycles. The molecule has 0 saturated heterocycles. The van der Waals surface area contributed by atoms with E-state index >= 15 is 0 Å². The van der Waals surface area contributed by atoms with Gasteiger partial charge in [0.1, 0.15) is 12.2 Å². The number of hydrogen-bond donors (Lipinski definition) is 2. The Hall–Kier alpha value is -3.75. The number of benzene rings is 2. The molecule has 0 aliphatic rings. The highest BCUT2D eigenvalue weighted by molar-refractivity contribution is 7.70. The molecule has 2 aromatic heterocycles. The van der Waals surface area contributed by atoms with E-state index in [-0.39, 0.29) is 5.69 Å². The number of rotatable bonds is 8. The molecule has 2 heterocycles. The molecule has 4 aromatic rings. The maximum absolute atomic E-state index is 12.6. The molecule has 2 aromatic carbocycles. The first-order valence-corrected chi connectivity index (χ1v) is 13.1. The van der Waals surface area contributed by atoms with Gasteiger partial charge < -0.3 is 15.2 Å². The Bertz CT molecular complexity index is 1390. The molecule has 10 nitrogen and oxygen atoms in total. The molecule has 12 heteroatoms. The molecule has 34 heavy (non-hydrogen) atoms. The van der Waals surface area contributed by atoms with Crippen molar-refractivity contribution in [1.82, 2.24) is 19.7 Å². The Balaban J connectivity index is 1.49. The van der Waals surface area contributed by atoms with Crippen LogP contribution in [0.3, 0.4) is 0 Å². The van der Waals surface area contributed by atoms with Gasteiger partial charge in [0.05, 0.1) is 35.2 Å². The molecule has 174 valence electrons. The molecule has 0 spiro atoms. The van der Waals surface area contributed by atoms with Crippen molar-refractivity contribution in [2.45, 2.75) is 6.54 Å². The van der Waals surface area contributed by atoms with Crippen molar-refractivity contribution >= 4 is 52.9 Å².